The van der Waals surface area contributed by atoms with Gasteiger partial charge in [-0.15, -0.1) is 0 Å². The minimum absolute atomic E-state index is 0.606. The van der Waals surface area contributed by atoms with Gasteiger partial charge in [0.25, 0.3) is 0 Å². The van der Waals surface area contributed by atoms with Crippen molar-refractivity contribution < 1.29 is 0 Å². The molecule has 4 rings (SSSR count). The normalized spacial score (nSPS) is 11.1. The summed E-state index contributed by atoms with van der Waals surface area (Å²) in [4.78, 5) is 12.9. The van der Waals surface area contributed by atoms with Gasteiger partial charge in [-0.1, -0.05) is 17.7 Å². The van der Waals surface area contributed by atoms with Crippen LogP contribution in [0.25, 0.3) is 17.2 Å². The first-order chi connectivity index (χ1) is 10.8. The minimum Gasteiger partial charge on any atom is -0.324 e. The summed E-state index contributed by atoms with van der Waals surface area (Å²) in [6.07, 6.45) is 6.84. The van der Waals surface area contributed by atoms with Gasteiger partial charge in [-0.25, -0.2) is 14.5 Å². The average Bonchev–Trinajstić information content (AvgIpc) is 3.17. The van der Waals surface area contributed by atoms with Crippen LogP contribution in [0, 0.1) is 0 Å². The molecule has 0 amide bonds. The highest BCUT2D eigenvalue weighted by molar-refractivity contribution is 6.30. The second-order valence-electron chi connectivity index (χ2n) is 4.79. The van der Waals surface area contributed by atoms with Crippen LogP contribution >= 0.6 is 11.6 Å². The largest absolute Gasteiger partial charge is 0.324 e. The third-order valence-corrected chi connectivity index (χ3v) is 3.61. The van der Waals surface area contributed by atoms with E-state index < -0.39 is 0 Å². The molecule has 0 bridgehead atoms. The average molecular weight is 311 g/mol. The van der Waals surface area contributed by atoms with Crippen molar-refractivity contribution in [1.29, 1.82) is 0 Å². The highest BCUT2D eigenvalue weighted by Crippen LogP contribution is 2.18. The number of rotatable bonds is 3. The summed E-state index contributed by atoms with van der Waals surface area (Å²) >= 11 is 5.89. The first-order valence-corrected chi connectivity index (χ1v) is 7.10. The van der Waals surface area contributed by atoms with Crippen molar-refractivity contribution in [2.24, 2.45) is 0 Å². The Hall–Kier alpha value is -2.73. The van der Waals surface area contributed by atoms with Crippen LogP contribution in [-0.4, -0.2) is 29.1 Å². The van der Waals surface area contributed by atoms with Gasteiger partial charge in [0, 0.05) is 18.6 Å². The van der Waals surface area contributed by atoms with Crippen LogP contribution in [0.3, 0.4) is 0 Å². The molecule has 0 unspecified atom stereocenters. The van der Waals surface area contributed by atoms with Gasteiger partial charge >= 0.3 is 0 Å². The van der Waals surface area contributed by atoms with Crippen molar-refractivity contribution in [2.75, 3.05) is 0 Å². The third-order valence-electron chi connectivity index (χ3n) is 3.38. The molecule has 0 aromatic carbocycles. The zero-order chi connectivity index (χ0) is 14.9. The van der Waals surface area contributed by atoms with Crippen LogP contribution in [0.4, 0.5) is 0 Å². The van der Waals surface area contributed by atoms with Crippen molar-refractivity contribution in [2.45, 2.75) is 6.54 Å². The second kappa shape index (κ2) is 5.23. The lowest BCUT2D eigenvalue weighted by Gasteiger charge is -2.08. The molecule has 22 heavy (non-hydrogen) atoms. The lowest BCUT2D eigenvalue weighted by atomic mass is 10.3. The number of fused-ring (bicyclic) bond motifs is 1. The van der Waals surface area contributed by atoms with E-state index >= 15 is 0 Å². The molecule has 0 atom stereocenters. The highest BCUT2D eigenvalue weighted by Gasteiger charge is 2.10. The number of pyridine rings is 2. The van der Waals surface area contributed by atoms with Gasteiger partial charge < -0.3 is 4.57 Å². The molecule has 4 heterocycles. The summed E-state index contributed by atoms with van der Waals surface area (Å²) in [5.74, 6) is 0.786. The van der Waals surface area contributed by atoms with Gasteiger partial charge in [0.05, 0.1) is 17.3 Å². The van der Waals surface area contributed by atoms with Gasteiger partial charge in [-0.05, 0) is 24.3 Å². The molecular weight excluding hydrogens is 300 g/mol. The zero-order valence-corrected chi connectivity index (χ0v) is 12.2. The summed E-state index contributed by atoms with van der Waals surface area (Å²) in [5.41, 5.74) is 2.62. The zero-order valence-electron chi connectivity index (χ0n) is 11.5. The Balaban J connectivity index is 1.74. The SMILES string of the molecule is Clc1ccc(-c2nccn2Cc2cccc3ncnn23)nc1. The molecule has 0 fully saturated rings. The van der Waals surface area contributed by atoms with Crippen molar-refractivity contribution in [3.8, 4) is 11.5 Å². The van der Waals surface area contributed by atoms with Crippen LogP contribution in [0.15, 0.2) is 55.2 Å². The fraction of sp³-hybridized carbons (Fsp3) is 0.0667. The summed E-state index contributed by atoms with van der Waals surface area (Å²) in [6, 6.07) is 9.57. The maximum absolute atomic E-state index is 5.89. The van der Waals surface area contributed by atoms with E-state index in [4.69, 9.17) is 11.6 Å². The predicted molar refractivity (Wildman–Crippen MR) is 82.6 cm³/mol. The molecule has 0 N–H and O–H groups in total. The van der Waals surface area contributed by atoms with E-state index in [0.717, 1.165) is 22.9 Å². The van der Waals surface area contributed by atoms with Gasteiger partial charge in [0.1, 0.15) is 12.0 Å². The summed E-state index contributed by atoms with van der Waals surface area (Å²) < 4.78 is 3.84. The molecule has 4 aromatic rings. The summed E-state index contributed by atoms with van der Waals surface area (Å²) in [6.45, 7) is 0.625. The maximum atomic E-state index is 5.89. The number of imidazole rings is 1. The third kappa shape index (κ3) is 2.23. The van der Waals surface area contributed by atoms with E-state index in [0.29, 0.717) is 11.6 Å². The Morgan fingerprint density at radius 2 is 2.00 bits per heavy atom. The van der Waals surface area contributed by atoms with Crippen LogP contribution < -0.4 is 0 Å². The van der Waals surface area contributed by atoms with Crippen LogP contribution in [0.1, 0.15) is 5.69 Å². The predicted octanol–water partition coefficient (Wildman–Crippen LogP) is 2.69. The molecule has 4 aromatic heterocycles. The molecule has 0 aliphatic rings. The molecule has 6 nitrogen and oxygen atoms in total. The molecule has 7 heteroatoms. The van der Waals surface area contributed by atoms with E-state index in [9.17, 15) is 0 Å². The number of hydrogen-bond acceptors (Lipinski definition) is 4. The van der Waals surface area contributed by atoms with E-state index in [2.05, 4.69) is 20.1 Å². The molecule has 0 spiro atoms. The van der Waals surface area contributed by atoms with Gasteiger partial charge in [0.15, 0.2) is 11.5 Å². The van der Waals surface area contributed by atoms with E-state index in [1.807, 2.05) is 39.5 Å². The van der Waals surface area contributed by atoms with Gasteiger partial charge in [-0.2, -0.15) is 5.10 Å². The van der Waals surface area contributed by atoms with Crippen LogP contribution in [0.2, 0.25) is 5.02 Å². The molecular formula is C15H11ClN6. The Morgan fingerprint density at radius 1 is 1.05 bits per heavy atom. The molecule has 108 valence electrons. The lowest BCUT2D eigenvalue weighted by Crippen LogP contribution is -2.07. The molecule has 0 aliphatic carbocycles. The first kappa shape index (κ1) is 13.0. The van der Waals surface area contributed by atoms with E-state index in [-0.39, 0.29) is 0 Å². The van der Waals surface area contributed by atoms with Gasteiger partial charge in [0.2, 0.25) is 0 Å². The monoisotopic (exact) mass is 310 g/mol. The topological polar surface area (TPSA) is 60.9 Å². The second-order valence-corrected chi connectivity index (χ2v) is 5.22. The van der Waals surface area contributed by atoms with Crippen molar-refractivity contribution in [1.82, 2.24) is 29.1 Å². The van der Waals surface area contributed by atoms with Crippen LogP contribution in [0.5, 0.6) is 0 Å². The lowest BCUT2D eigenvalue weighted by molar-refractivity contribution is 0.739. The van der Waals surface area contributed by atoms with Crippen molar-refractivity contribution >= 4 is 17.2 Å². The molecule has 0 saturated carbocycles. The number of halogens is 1. The standard InChI is InChI=1S/C15H11ClN6/c16-11-4-5-13(18-8-11)15-17-6-7-21(15)9-12-2-1-3-14-19-10-20-22(12)14/h1-8,10H,9H2. The number of aromatic nitrogens is 6. The number of hydrogen-bond donors (Lipinski definition) is 0. The van der Waals surface area contributed by atoms with Crippen molar-refractivity contribution in [3.05, 3.63) is 66.0 Å². The van der Waals surface area contributed by atoms with Gasteiger partial charge in [-0.3, -0.25) is 4.98 Å². The smallest absolute Gasteiger partial charge is 0.158 e. The Morgan fingerprint density at radius 3 is 2.86 bits per heavy atom. The van der Waals surface area contributed by atoms with Crippen molar-refractivity contribution in [3.63, 3.8) is 0 Å². The number of nitrogens with zero attached hydrogens (tertiary/aromatic N) is 6. The Kier molecular flexibility index (Phi) is 3.08. The molecule has 0 radical (unpaired) electrons. The quantitative estimate of drug-likeness (QED) is 0.584. The van der Waals surface area contributed by atoms with E-state index in [1.165, 1.54) is 0 Å². The fourth-order valence-corrected chi connectivity index (χ4v) is 2.49. The van der Waals surface area contributed by atoms with E-state index in [1.54, 1.807) is 24.8 Å². The molecule has 0 aliphatic heterocycles. The van der Waals surface area contributed by atoms with Crippen LogP contribution in [-0.2, 0) is 6.54 Å². The minimum atomic E-state index is 0.606. The summed E-state index contributed by atoms with van der Waals surface area (Å²) in [7, 11) is 0. The highest BCUT2D eigenvalue weighted by atomic mass is 35.5. The maximum Gasteiger partial charge on any atom is 0.158 e. The summed E-state index contributed by atoms with van der Waals surface area (Å²) in [5, 5.41) is 4.86. The fourth-order valence-electron chi connectivity index (χ4n) is 2.37. The first-order valence-electron chi connectivity index (χ1n) is 6.72. The Labute approximate surface area is 131 Å². The Bertz CT molecular complexity index is 925. The molecule has 0 saturated heterocycles.